The summed E-state index contributed by atoms with van der Waals surface area (Å²) in [5, 5.41) is 2.72. The third-order valence-corrected chi connectivity index (χ3v) is 1.37. The van der Waals surface area contributed by atoms with Gasteiger partial charge in [0.2, 0.25) is 0 Å². The first-order valence-electron chi connectivity index (χ1n) is 4.68. The Balaban J connectivity index is 0.000000671. The zero-order valence-corrected chi connectivity index (χ0v) is 8.50. The van der Waals surface area contributed by atoms with Gasteiger partial charge >= 0.3 is 0 Å². The Bertz CT molecular complexity index is 231. The second-order valence-corrected chi connectivity index (χ2v) is 2.23. The fourth-order valence-electron chi connectivity index (χ4n) is 0.852. The van der Waals surface area contributed by atoms with Crippen LogP contribution >= 0.6 is 0 Å². The SMILES string of the molecule is CC.CCNC(=O)c1ccccc1. The van der Waals surface area contributed by atoms with Gasteiger partial charge in [0, 0.05) is 12.1 Å². The van der Waals surface area contributed by atoms with Gasteiger partial charge in [-0.25, -0.2) is 0 Å². The van der Waals surface area contributed by atoms with E-state index in [4.69, 9.17) is 0 Å². The molecule has 0 saturated heterocycles. The van der Waals surface area contributed by atoms with Crippen LogP contribution in [0.1, 0.15) is 31.1 Å². The number of carbonyl (C=O) groups excluding carboxylic acids is 1. The highest BCUT2D eigenvalue weighted by Crippen LogP contribution is 1.96. The van der Waals surface area contributed by atoms with Gasteiger partial charge in [-0.2, -0.15) is 0 Å². The molecular formula is C11H17NO. The van der Waals surface area contributed by atoms with Crippen molar-refractivity contribution in [3.8, 4) is 0 Å². The van der Waals surface area contributed by atoms with E-state index in [9.17, 15) is 4.79 Å². The molecule has 0 aromatic heterocycles. The van der Waals surface area contributed by atoms with Crippen LogP contribution in [-0.4, -0.2) is 12.5 Å². The number of carbonyl (C=O) groups is 1. The van der Waals surface area contributed by atoms with Gasteiger partial charge in [-0.3, -0.25) is 4.79 Å². The van der Waals surface area contributed by atoms with Crippen LogP contribution in [0.25, 0.3) is 0 Å². The van der Waals surface area contributed by atoms with Crippen molar-refractivity contribution >= 4 is 5.91 Å². The molecule has 2 heteroatoms. The van der Waals surface area contributed by atoms with Crippen LogP contribution in [0, 0.1) is 0 Å². The Kier molecular flexibility index (Phi) is 6.60. The molecular weight excluding hydrogens is 162 g/mol. The van der Waals surface area contributed by atoms with E-state index in [-0.39, 0.29) is 5.91 Å². The molecule has 1 amide bonds. The molecule has 0 unspecified atom stereocenters. The highest BCUT2D eigenvalue weighted by molar-refractivity contribution is 5.93. The van der Waals surface area contributed by atoms with Crippen molar-refractivity contribution in [3.05, 3.63) is 35.9 Å². The predicted octanol–water partition coefficient (Wildman–Crippen LogP) is 2.46. The van der Waals surface area contributed by atoms with Gasteiger partial charge < -0.3 is 5.32 Å². The Labute approximate surface area is 80.0 Å². The Morgan fingerprint density at radius 1 is 1.23 bits per heavy atom. The summed E-state index contributed by atoms with van der Waals surface area (Å²) >= 11 is 0. The van der Waals surface area contributed by atoms with Gasteiger partial charge in [0.25, 0.3) is 5.91 Å². The minimum absolute atomic E-state index is 0.00639. The van der Waals surface area contributed by atoms with Crippen molar-refractivity contribution in [1.82, 2.24) is 5.32 Å². The monoisotopic (exact) mass is 179 g/mol. The van der Waals surface area contributed by atoms with Gasteiger partial charge in [-0.1, -0.05) is 32.0 Å². The molecule has 1 aromatic carbocycles. The van der Waals surface area contributed by atoms with Crippen molar-refractivity contribution in [2.75, 3.05) is 6.54 Å². The van der Waals surface area contributed by atoms with Crippen LogP contribution in [0.3, 0.4) is 0 Å². The summed E-state index contributed by atoms with van der Waals surface area (Å²) < 4.78 is 0. The average Bonchev–Trinajstić information content (AvgIpc) is 2.23. The van der Waals surface area contributed by atoms with Crippen LogP contribution in [0.15, 0.2) is 30.3 Å². The van der Waals surface area contributed by atoms with Crippen molar-refractivity contribution < 1.29 is 4.79 Å². The first-order valence-corrected chi connectivity index (χ1v) is 4.68. The molecule has 0 aliphatic rings. The smallest absolute Gasteiger partial charge is 0.251 e. The number of nitrogens with one attached hydrogen (secondary N) is 1. The molecule has 0 saturated carbocycles. The second kappa shape index (κ2) is 7.35. The molecule has 72 valence electrons. The molecule has 2 nitrogen and oxygen atoms in total. The minimum Gasteiger partial charge on any atom is -0.352 e. The molecule has 0 radical (unpaired) electrons. The standard InChI is InChI=1S/C9H11NO.C2H6/c1-2-10-9(11)8-6-4-3-5-7-8;1-2/h3-7H,2H2,1H3,(H,10,11);1-2H3. The van der Waals surface area contributed by atoms with E-state index < -0.39 is 0 Å². The van der Waals surface area contributed by atoms with Crippen molar-refractivity contribution in [1.29, 1.82) is 0 Å². The van der Waals surface area contributed by atoms with Gasteiger partial charge in [0.05, 0.1) is 0 Å². The first kappa shape index (κ1) is 11.7. The van der Waals surface area contributed by atoms with E-state index >= 15 is 0 Å². The average molecular weight is 179 g/mol. The lowest BCUT2D eigenvalue weighted by Gasteiger charge is -1.99. The molecule has 0 heterocycles. The summed E-state index contributed by atoms with van der Waals surface area (Å²) in [7, 11) is 0. The van der Waals surface area contributed by atoms with Crippen molar-refractivity contribution in [2.45, 2.75) is 20.8 Å². The van der Waals surface area contributed by atoms with E-state index in [0.717, 1.165) is 0 Å². The highest BCUT2D eigenvalue weighted by atomic mass is 16.1. The van der Waals surface area contributed by atoms with Crippen LogP contribution in [0.5, 0.6) is 0 Å². The number of amides is 1. The van der Waals surface area contributed by atoms with Crippen molar-refractivity contribution in [2.24, 2.45) is 0 Å². The third-order valence-electron chi connectivity index (χ3n) is 1.37. The molecule has 0 atom stereocenters. The summed E-state index contributed by atoms with van der Waals surface area (Å²) in [5.41, 5.74) is 0.717. The molecule has 0 aliphatic heterocycles. The quantitative estimate of drug-likeness (QED) is 0.742. The summed E-state index contributed by atoms with van der Waals surface area (Å²) in [6, 6.07) is 9.19. The summed E-state index contributed by atoms with van der Waals surface area (Å²) in [6.45, 7) is 6.58. The lowest BCUT2D eigenvalue weighted by molar-refractivity contribution is 0.0956. The largest absolute Gasteiger partial charge is 0.352 e. The number of hydrogen-bond acceptors (Lipinski definition) is 1. The minimum atomic E-state index is -0.00639. The normalized spacial score (nSPS) is 8.23. The van der Waals surface area contributed by atoms with Crippen LogP contribution in [-0.2, 0) is 0 Å². The zero-order valence-electron chi connectivity index (χ0n) is 8.50. The topological polar surface area (TPSA) is 29.1 Å². The molecule has 1 aromatic rings. The molecule has 0 aliphatic carbocycles. The van der Waals surface area contributed by atoms with Gasteiger partial charge in [-0.05, 0) is 19.1 Å². The maximum Gasteiger partial charge on any atom is 0.251 e. The van der Waals surface area contributed by atoms with E-state index in [0.29, 0.717) is 12.1 Å². The number of rotatable bonds is 2. The second-order valence-electron chi connectivity index (χ2n) is 2.23. The van der Waals surface area contributed by atoms with E-state index in [2.05, 4.69) is 5.32 Å². The molecule has 0 fully saturated rings. The molecule has 0 spiro atoms. The van der Waals surface area contributed by atoms with E-state index in [1.807, 2.05) is 39.0 Å². The third kappa shape index (κ3) is 4.31. The Morgan fingerprint density at radius 2 is 1.77 bits per heavy atom. The van der Waals surface area contributed by atoms with Gasteiger partial charge in [-0.15, -0.1) is 0 Å². The van der Waals surface area contributed by atoms with Crippen LogP contribution < -0.4 is 5.32 Å². The first-order chi connectivity index (χ1) is 6.34. The molecule has 13 heavy (non-hydrogen) atoms. The van der Waals surface area contributed by atoms with Crippen molar-refractivity contribution in [3.63, 3.8) is 0 Å². The number of hydrogen-bond donors (Lipinski definition) is 1. The Hall–Kier alpha value is -1.31. The summed E-state index contributed by atoms with van der Waals surface area (Å²) in [6.07, 6.45) is 0. The fourth-order valence-corrected chi connectivity index (χ4v) is 0.852. The zero-order chi connectivity index (χ0) is 10.1. The Morgan fingerprint density at radius 3 is 2.23 bits per heavy atom. The number of benzene rings is 1. The lowest BCUT2D eigenvalue weighted by Crippen LogP contribution is -2.22. The van der Waals surface area contributed by atoms with Crippen LogP contribution in [0.4, 0.5) is 0 Å². The van der Waals surface area contributed by atoms with Gasteiger partial charge in [0.15, 0.2) is 0 Å². The summed E-state index contributed by atoms with van der Waals surface area (Å²) in [4.78, 5) is 11.1. The maximum atomic E-state index is 11.1. The predicted molar refractivity (Wildman–Crippen MR) is 55.8 cm³/mol. The summed E-state index contributed by atoms with van der Waals surface area (Å²) in [5.74, 6) is -0.00639. The fraction of sp³-hybridized carbons (Fsp3) is 0.364. The van der Waals surface area contributed by atoms with E-state index in [1.165, 1.54) is 0 Å². The highest BCUT2D eigenvalue weighted by Gasteiger charge is 1.99. The molecule has 1 rings (SSSR count). The molecule has 0 bridgehead atoms. The van der Waals surface area contributed by atoms with Gasteiger partial charge in [0.1, 0.15) is 0 Å². The lowest BCUT2D eigenvalue weighted by atomic mass is 10.2. The van der Waals surface area contributed by atoms with Crippen LogP contribution in [0.2, 0.25) is 0 Å². The van der Waals surface area contributed by atoms with E-state index in [1.54, 1.807) is 12.1 Å². The maximum absolute atomic E-state index is 11.1. The molecule has 1 N–H and O–H groups in total.